The highest BCUT2D eigenvalue weighted by Crippen LogP contribution is 2.06. The highest BCUT2D eigenvalue weighted by atomic mass is 79.9. The predicted molar refractivity (Wildman–Crippen MR) is 66.6 cm³/mol. The molecule has 1 heterocycles. The molecule has 0 N–H and O–H groups in total. The third kappa shape index (κ3) is 4.38. The highest BCUT2D eigenvalue weighted by molar-refractivity contribution is 9.10. The summed E-state index contributed by atoms with van der Waals surface area (Å²) >= 11 is 3.31. The zero-order valence-corrected chi connectivity index (χ0v) is 10.7. The summed E-state index contributed by atoms with van der Waals surface area (Å²) in [6.45, 7) is 4.20. The first-order valence-corrected chi connectivity index (χ1v) is 5.83. The molecule has 0 amide bonds. The standard InChI is InChI=1S/C12H15BrN2/c1-3-10(4-2)6-5-7-12-14-8-11(13)9-15-12/h3,5-6,8-9H,4,7H2,1-2H3/b6-5-,10-3-. The SMILES string of the molecule is C/C=C(\C=C/Cc1ncc(Br)cn1)CC. The van der Waals surface area contributed by atoms with Gasteiger partial charge in [0, 0.05) is 18.8 Å². The zero-order chi connectivity index (χ0) is 11.1. The first-order chi connectivity index (χ1) is 7.26. The van der Waals surface area contributed by atoms with E-state index in [1.54, 1.807) is 12.4 Å². The van der Waals surface area contributed by atoms with Gasteiger partial charge in [-0.25, -0.2) is 9.97 Å². The van der Waals surface area contributed by atoms with Crippen LogP contribution in [0.2, 0.25) is 0 Å². The minimum Gasteiger partial charge on any atom is -0.240 e. The third-order valence-electron chi connectivity index (χ3n) is 2.09. The Morgan fingerprint density at radius 1 is 1.40 bits per heavy atom. The molecule has 0 bridgehead atoms. The van der Waals surface area contributed by atoms with E-state index < -0.39 is 0 Å². The number of hydrogen-bond acceptors (Lipinski definition) is 2. The van der Waals surface area contributed by atoms with Gasteiger partial charge in [-0.05, 0) is 29.3 Å². The van der Waals surface area contributed by atoms with Gasteiger partial charge in [-0.2, -0.15) is 0 Å². The molecule has 0 saturated carbocycles. The predicted octanol–water partition coefficient (Wildman–Crippen LogP) is 3.69. The quantitative estimate of drug-likeness (QED) is 0.777. The fraction of sp³-hybridized carbons (Fsp3) is 0.333. The number of aromatic nitrogens is 2. The van der Waals surface area contributed by atoms with Crippen molar-refractivity contribution in [1.82, 2.24) is 9.97 Å². The summed E-state index contributed by atoms with van der Waals surface area (Å²) in [6, 6.07) is 0. The van der Waals surface area contributed by atoms with Crippen molar-refractivity contribution in [1.29, 1.82) is 0 Å². The molecule has 2 nitrogen and oxygen atoms in total. The Hall–Kier alpha value is -0.960. The molecule has 1 rings (SSSR count). The Balaban J connectivity index is 2.53. The molecular weight excluding hydrogens is 252 g/mol. The maximum Gasteiger partial charge on any atom is 0.132 e. The van der Waals surface area contributed by atoms with Crippen molar-refractivity contribution < 1.29 is 0 Å². The molecule has 0 atom stereocenters. The van der Waals surface area contributed by atoms with Crippen LogP contribution in [0, 0.1) is 0 Å². The molecule has 0 spiro atoms. The van der Waals surface area contributed by atoms with E-state index in [9.17, 15) is 0 Å². The minimum atomic E-state index is 0.782. The van der Waals surface area contributed by atoms with Crippen LogP contribution in [-0.2, 0) is 6.42 Å². The number of hydrogen-bond donors (Lipinski definition) is 0. The second-order valence-electron chi connectivity index (χ2n) is 3.14. The summed E-state index contributed by atoms with van der Waals surface area (Å²) in [5, 5.41) is 0. The zero-order valence-electron chi connectivity index (χ0n) is 9.07. The molecule has 0 fully saturated rings. The van der Waals surface area contributed by atoms with E-state index in [0.29, 0.717) is 0 Å². The molecule has 0 aliphatic heterocycles. The molecular formula is C12H15BrN2. The molecule has 0 unspecified atom stereocenters. The Morgan fingerprint density at radius 3 is 2.60 bits per heavy atom. The largest absolute Gasteiger partial charge is 0.240 e. The van der Waals surface area contributed by atoms with Crippen LogP contribution in [0.4, 0.5) is 0 Å². The van der Waals surface area contributed by atoms with Gasteiger partial charge in [0.1, 0.15) is 5.82 Å². The van der Waals surface area contributed by atoms with Gasteiger partial charge in [-0.15, -0.1) is 0 Å². The maximum absolute atomic E-state index is 4.20. The average Bonchev–Trinajstić information content (AvgIpc) is 2.27. The Kier molecular flexibility index (Phi) is 5.26. The van der Waals surface area contributed by atoms with Crippen LogP contribution in [0.1, 0.15) is 26.1 Å². The van der Waals surface area contributed by atoms with Crippen molar-refractivity contribution in [2.24, 2.45) is 0 Å². The van der Waals surface area contributed by atoms with Crippen molar-refractivity contribution in [3.8, 4) is 0 Å². The summed E-state index contributed by atoms with van der Waals surface area (Å²) < 4.78 is 0.915. The molecule has 1 aromatic rings. The first-order valence-electron chi connectivity index (χ1n) is 5.04. The number of nitrogens with zero attached hydrogens (tertiary/aromatic N) is 2. The van der Waals surface area contributed by atoms with Gasteiger partial charge in [-0.1, -0.05) is 30.7 Å². The summed E-state index contributed by atoms with van der Waals surface area (Å²) in [7, 11) is 0. The lowest BCUT2D eigenvalue weighted by Gasteiger charge is -1.96. The van der Waals surface area contributed by atoms with Crippen molar-refractivity contribution in [2.75, 3.05) is 0 Å². The van der Waals surface area contributed by atoms with Crippen LogP contribution in [0.15, 0.2) is 40.7 Å². The average molecular weight is 267 g/mol. The van der Waals surface area contributed by atoms with Gasteiger partial charge in [0.2, 0.25) is 0 Å². The van der Waals surface area contributed by atoms with Gasteiger partial charge >= 0.3 is 0 Å². The van der Waals surface area contributed by atoms with E-state index in [1.807, 2.05) is 0 Å². The van der Waals surface area contributed by atoms with E-state index >= 15 is 0 Å². The van der Waals surface area contributed by atoms with E-state index in [4.69, 9.17) is 0 Å². The van der Waals surface area contributed by atoms with Gasteiger partial charge < -0.3 is 0 Å². The second kappa shape index (κ2) is 6.51. The van der Waals surface area contributed by atoms with Crippen LogP contribution >= 0.6 is 15.9 Å². The lowest BCUT2D eigenvalue weighted by molar-refractivity contribution is 0.979. The van der Waals surface area contributed by atoms with Gasteiger partial charge in [0.25, 0.3) is 0 Å². The van der Waals surface area contributed by atoms with E-state index in [0.717, 1.165) is 23.1 Å². The molecule has 80 valence electrons. The molecule has 0 saturated heterocycles. The maximum atomic E-state index is 4.20. The lowest BCUT2D eigenvalue weighted by atomic mass is 10.1. The van der Waals surface area contributed by atoms with Gasteiger partial charge in [-0.3, -0.25) is 0 Å². The summed E-state index contributed by atoms with van der Waals surface area (Å²) in [4.78, 5) is 8.40. The van der Waals surface area contributed by atoms with Crippen LogP contribution < -0.4 is 0 Å². The monoisotopic (exact) mass is 266 g/mol. The fourth-order valence-corrected chi connectivity index (χ4v) is 1.38. The van der Waals surface area contributed by atoms with Crippen molar-refractivity contribution in [3.63, 3.8) is 0 Å². The molecule has 15 heavy (non-hydrogen) atoms. The highest BCUT2D eigenvalue weighted by Gasteiger charge is 1.93. The molecule has 0 aromatic carbocycles. The van der Waals surface area contributed by atoms with Crippen LogP contribution in [-0.4, -0.2) is 9.97 Å². The Labute approximate surface area is 99.3 Å². The summed E-state index contributed by atoms with van der Waals surface area (Å²) in [5.74, 6) is 0.848. The summed E-state index contributed by atoms with van der Waals surface area (Å²) in [6.07, 6.45) is 11.7. The van der Waals surface area contributed by atoms with Crippen molar-refractivity contribution in [2.45, 2.75) is 26.7 Å². The summed E-state index contributed by atoms with van der Waals surface area (Å²) in [5.41, 5.74) is 1.34. The number of rotatable bonds is 4. The fourth-order valence-electron chi connectivity index (χ4n) is 1.18. The van der Waals surface area contributed by atoms with Crippen molar-refractivity contribution >= 4 is 15.9 Å². The van der Waals surface area contributed by atoms with E-state index in [-0.39, 0.29) is 0 Å². The molecule has 0 radical (unpaired) electrons. The normalized spacial score (nSPS) is 12.3. The van der Waals surface area contributed by atoms with Crippen molar-refractivity contribution in [3.05, 3.63) is 46.5 Å². The smallest absolute Gasteiger partial charge is 0.132 e. The molecule has 3 heteroatoms. The van der Waals surface area contributed by atoms with Gasteiger partial charge in [0.15, 0.2) is 0 Å². The molecule has 0 aliphatic rings. The minimum absolute atomic E-state index is 0.782. The van der Waals surface area contributed by atoms with Crippen LogP contribution in [0.3, 0.4) is 0 Å². The topological polar surface area (TPSA) is 25.8 Å². The number of halogens is 1. The molecule has 0 aliphatic carbocycles. The Morgan fingerprint density at radius 2 is 2.07 bits per heavy atom. The third-order valence-corrected chi connectivity index (χ3v) is 2.49. The Bertz CT molecular complexity index is 352. The van der Waals surface area contributed by atoms with E-state index in [2.05, 4.69) is 58.0 Å². The van der Waals surface area contributed by atoms with Crippen LogP contribution in [0.25, 0.3) is 0 Å². The lowest BCUT2D eigenvalue weighted by Crippen LogP contribution is -1.91. The van der Waals surface area contributed by atoms with Gasteiger partial charge in [0.05, 0.1) is 4.47 Å². The molecule has 1 aromatic heterocycles. The van der Waals surface area contributed by atoms with E-state index in [1.165, 1.54) is 5.57 Å². The first kappa shape index (κ1) is 12.1. The second-order valence-corrected chi connectivity index (χ2v) is 4.06. The van der Waals surface area contributed by atoms with Crippen LogP contribution in [0.5, 0.6) is 0 Å². The number of allylic oxidation sites excluding steroid dienone is 4.